The molecule has 1 aliphatic rings. The minimum absolute atomic E-state index is 0.243. The molecule has 1 aliphatic heterocycles. The van der Waals surface area contributed by atoms with Crippen molar-refractivity contribution >= 4 is 34.6 Å². The number of rotatable bonds is 6. The highest BCUT2D eigenvalue weighted by molar-refractivity contribution is 7.10. The smallest absolute Gasteiger partial charge is 0.321 e. The molecule has 2 N–H and O–H groups in total. The van der Waals surface area contributed by atoms with E-state index in [1.165, 1.54) is 9.75 Å². The first kappa shape index (κ1) is 17.1. The lowest BCUT2D eigenvalue weighted by atomic mass is 10.2. The summed E-state index contributed by atoms with van der Waals surface area (Å²) in [4.78, 5) is 28.6. The zero-order chi connectivity index (χ0) is 16.8. The summed E-state index contributed by atoms with van der Waals surface area (Å²) >= 11 is 3.39. The van der Waals surface area contributed by atoms with E-state index in [1.54, 1.807) is 22.7 Å². The summed E-state index contributed by atoms with van der Waals surface area (Å²) in [6.07, 6.45) is 2.94. The van der Waals surface area contributed by atoms with Crippen molar-refractivity contribution < 1.29 is 9.59 Å². The van der Waals surface area contributed by atoms with Gasteiger partial charge in [0.2, 0.25) is 5.91 Å². The summed E-state index contributed by atoms with van der Waals surface area (Å²) in [5.74, 6) is -0.243. The zero-order valence-electron chi connectivity index (χ0n) is 13.4. The molecule has 0 spiro atoms. The first-order valence-electron chi connectivity index (χ1n) is 8.10. The number of thiophene rings is 2. The van der Waals surface area contributed by atoms with Gasteiger partial charge in [-0.2, -0.15) is 0 Å². The van der Waals surface area contributed by atoms with E-state index in [-0.39, 0.29) is 12.5 Å². The van der Waals surface area contributed by atoms with Crippen LogP contribution in [-0.4, -0.2) is 36.5 Å². The van der Waals surface area contributed by atoms with Crippen LogP contribution in [0.5, 0.6) is 0 Å². The van der Waals surface area contributed by atoms with Crippen LogP contribution >= 0.6 is 22.7 Å². The van der Waals surface area contributed by atoms with Gasteiger partial charge in [-0.25, -0.2) is 4.79 Å². The van der Waals surface area contributed by atoms with Crippen LogP contribution in [0, 0.1) is 0 Å². The number of likely N-dealkylation sites (tertiary alicyclic amines) is 1. The molecular weight excluding hydrogens is 342 g/mol. The fourth-order valence-electron chi connectivity index (χ4n) is 2.97. The van der Waals surface area contributed by atoms with Gasteiger partial charge in [0.15, 0.2) is 0 Å². The summed E-state index contributed by atoms with van der Waals surface area (Å²) in [6, 6.07) is 8.07. The molecule has 128 valence electrons. The van der Waals surface area contributed by atoms with Gasteiger partial charge >= 0.3 is 6.03 Å². The molecule has 7 heteroatoms. The molecule has 3 rings (SSSR count). The van der Waals surface area contributed by atoms with Crippen LogP contribution in [0.25, 0.3) is 0 Å². The number of carbonyl (C=O) groups excluding carboxylic acids is 2. The molecule has 0 aromatic carbocycles. The molecule has 0 bridgehead atoms. The van der Waals surface area contributed by atoms with Gasteiger partial charge in [0.1, 0.15) is 0 Å². The molecule has 3 heterocycles. The van der Waals surface area contributed by atoms with E-state index in [9.17, 15) is 9.59 Å². The van der Waals surface area contributed by atoms with Crippen LogP contribution in [0.15, 0.2) is 35.0 Å². The maximum Gasteiger partial charge on any atom is 0.321 e. The van der Waals surface area contributed by atoms with Gasteiger partial charge in [0.05, 0.1) is 6.54 Å². The second-order valence-corrected chi connectivity index (χ2v) is 7.79. The second-order valence-electron chi connectivity index (χ2n) is 5.78. The van der Waals surface area contributed by atoms with Crippen molar-refractivity contribution in [2.45, 2.75) is 25.3 Å². The molecule has 1 atom stereocenters. The number of amides is 3. The molecule has 24 heavy (non-hydrogen) atoms. The summed E-state index contributed by atoms with van der Waals surface area (Å²) < 4.78 is 0. The fraction of sp³-hybridized carbons (Fsp3) is 0.412. The lowest BCUT2D eigenvalue weighted by Gasteiger charge is -2.22. The fourth-order valence-corrected chi connectivity index (χ4v) is 4.57. The van der Waals surface area contributed by atoms with Crippen molar-refractivity contribution in [3.8, 4) is 0 Å². The van der Waals surface area contributed by atoms with Gasteiger partial charge < -0.3 is 5.32 Å². The molecular formula is C17H21N3O2S2. The molecule has 3 amide bonds. The average molecular weight is 364 g/mol. The highest BCUT2D eigenvalue weighted by Gasteiger charge is 2.28. The lowest BCUT2D eigenvalue weighted by Crippen LogP contribution is -2.44. The van der Waals surface area contributed by atoms with E-state index in [2.05, 4.69) is 27.0 Å². The minimum Gasteiger partial charge on any atom is -0.337 e. The van der Waals surface area contributed by atoms with Crippen LogP contribution in [0.3, 0.4) is 0 Å². The quantitative estimate of drug-likeness (QED) is 0.829. The maximum atomic E-state index is 12.1. The topological polar surface area (TPSA) is 61.4 Å². The number of carbonyl (C=O) groups is 2. The second kappa shape index (κ2) is 8.41. The molecule has 0 saturated carbocycles. The molecule has 0 radical (unpaired) electrons. The number of urea groups is 1. The Morgan fingerprint density at radius 2 is 2.04 bits per heavy atom. The predicted octanol–water partition coefficient (Wildman–Crippen LogP) is 3.02. The monoisotopic (exact) mass is 363 g/mol. The third-order valence-electron chi connectivity index (χ3n) is 4.07. The molecule has 5 nitrogen and oxygen atoms in total. The molecule has 1 fully saturated rings. The third kappa shape index (κ3) is 4.66. The van der Waals surface area contributed by atoms with Crippen molar-refractivity contribution in [3.63, 3.8) is 0 Å². The normalized spacial score (nSPS) is 17.8. The van der Waals surface area contributed by atoms with Gasteiger partial charge in [0.25, 0.3) is 0 Å². The summed E-state index contributed by atoms with van der Waals surface area (Å²) in [6.45, 7) is 1.69. The van der Waals surface area contributed by atoms with Crippen molar-refractivity contribution in [2.75, 3.05) is 19.6 Å². The van der Waals surface area contributed by atoms with Crippen LogP contribution in [0.2, 0.25) is 0 Å². The molecule has 1 unspecified atom stereocenters. The zero-order valence-corrected chi connectivity index (χ0v) is 15.0. The van der Waals surface area contributed by atoms with Gasteiger partial charge in [-0.05, 0) is 48.7 Å². The molecule has 2 aromatic rings. The summed E-state index contributed by atoms with van der Waals surface area (Å²) in [5, 5.41) is 9.24. The number of hydrogen-bond acceptors (Lipinski definition) is 5. The van der Waals surface area contributed by atoms with E-state index >= 15 is 0 Å². The van der Waals surface area contributed by atoms with Crippen molar-refractivity contribution in [1.29, 1.82) is 0 Å². The molecule has 0 aliphatic carbocycles. The van der Waals surface area contributed by atoms with E-state index in [1.807, 2.05) is 23.6 Å². The third-order valence-corrected chi connectivity index (χ3v) is 5.98. The Morgan fingerprint density at radius 3 is 2.79 bits per heavy atom. The van der Waals surface area contributed by atoms with Gasteiger partial charge in [-0.3, -0.25) is 15.0 Å². The van der Waals surface area contributed by atoms with Crippen LogP contribution in [0.1, 0.15) is 28.6 Å². The van der Waals surface area contributed by atoms with E-state index < -0.39 is 6.03 Å². The minimum atomic E-state index is -0.413. The van der Waals surface area contributed by atoms with E-state index in [0.717, 1.165) is 25.8 Å². The van der Waals surface area contributed by atoms with Gasteiger partial charge in [0, 0.05) is 22.3 Å². The van der Waals surface area contributed by atoms with Gasteiger partial charge in [-0.15, -0.1) is 22.7 Å². The van der Waals surface area contributed by atoms with Crippen LogP contribution in [-0.2, 0) is 11.2 Å². The first-order chi connectivity index (χ1) is 11.7. The number of nitrogens with zero attached hydrogens (tertiary/aromatic N) is 1. The average Bonchev–Trinajstić information content (AvgIpc) is 3.29. The maximum absolute atomic E-state index is 12.1. The largest absolute Gasteiger partial charge is 0.337 e. The highest BCUT2D eigenvalue weighted by atomic mass is 32.1. The number of imide groups is 1. The Kier molecular flexibility index (Phi) is 6.01. The van der Waals surface area contributed by atoms with Crippen LogP contribution in [0.4, 0.5) is 4.79 Å². The van der Waals surface area contributed by atoms with Gasteiger partial charge in [-0.1, -0.05) is 12.1 Å². The SMILES string of the molecule is O=C(CN1CCCC1c1cccs1)NC(=O)NCCc1cccs1. The molecule has 1 saturated heterocycles. The highest BCUT2D eigenvalue weighted by Crippen LogP contribution is 2.33. The summed E-state index contributed by atoms with van der Waals surface area (Å²) in [5.41, 5.74) is 0. The standard InChI is InChI=1S/C17H21N3O2S2/c21-16(19-17(22)18-8-7-13-4-2-10-23-13)12-20-9-1-5-14(20)15-6-3-11-24-15/h2-4,6,10-11,14H,1,5,7-9,12H2,(H2,18,19,21,22). The first-order valence-corrected chi connectivity index (χ1v) is 9.86. The Labute approximate surface area is 149 Å². The number of nitrogens with one attached hydrogen (secondary N) is 2. The van der Waals surface area contributed by atoms with E-state index in [0.29, 0.717) is 12.6 Å². The Bertz CT molecular complexity index is 655. The van der Waals surface area contributed by atoms with Crippen LogP contribution < -0.4 is 10.6 Å². The van der Waals surface area contributed by atoms with Crippen molar-refractivity contribution in [3.05, 3.63) is 44.8 Å². The summed E-state index contributed by atoms with van der Waals surface area (Å²) in [7, 11) is 0. The predicted molar refractivity (Wildman–Crippen MR) is 97.4 cm³/mol. The number of hydrogen-bond donors (Lipinski definition) is 2. The van der Waals surface area contributed by atoms with E-state index in [4.69, 9.17) is 0 Å². The van der Waals surface area contributed by atoms with Crippen molar-refractivity contribution in [2.24, 2.45) is 0 Å². The lowest BCUT2D eigenvalue weighted by molar-refractivity contribution is -0.121. The Morgan fingerprint density at radius 1 is 1.21 bits per heavy atom. The Balaban J connectivity index is 1.40. The van der Waals surface area contributed by atoms with Crippen molar-refractivity contribution in [1.82, 2.24) is 15.5 Å². The Hall–Kier alpha value is -1.70. The molecule has 2 aromatic heterocycles.